The predicted octanol–water partition coefficient (Wildman–Crippen LogP) is 5.17. The molecule has 1 saturated heterocycles. The molecule has 0 bridgehead atoms. The summed E-state index contributed by atoms with van der Waals surface area (Å²) in [7, 11) is -0.827. The van der Waals surface area contributed by atoms with Gasteiger partial charge in [0.2, 0.25) is 16.0 Å². The van der Waals surface area contributed by atoms with Crippen molar-refractivity contribution in [3.63, 3.8) is 0 Å². The lowest BCUT2D eigenvalue weighted by Crippen LogP contribution is -2.45. The number of piperidine rings is 1. The molecule has 2 aliphatic rings. The lowest BCUT2D eigenvalue weighted by Gasteiger charge is -2.32. The molecule has 1 aliphatic carbocycles. The molecule has 0 radical (unpaired) electrons. The highest BCUT2D eigenvalue weighted by Gasteiger charge is 2.35. The first-order valence-corrected chi connectivity index (χ1v) is 17.3. The van der Waals surface area contributed by atoms with Crippen LogP contribution in [0.15, 0.2) is 42.6 Å². The van der Waals surface area contributed by atoms with Gasteiger partial charge in [-0.05, 0) is 73.9 Å². The molecule has 3 aromatic rings. The number of hydrogen-bond donors (Lipinski definition) is 3. The van der Waals surface area contributed by atoms with E-state index in [0.29, 0.717) is 28.7 Å². The number of rotatable bonds is 12. The zero-order valence-electron chi connectivity index (χ0n) is 26.8. The second kappa shape index (κ2) is 13.9. The minimum Gasteiger partial charge on any atom is -0.495 e. The molecule has 0 spiro atoms. The van der Waals surface area contributed by atoms with Gasteiger partial charge < -0.3 is 25.6 Å². The van der Waals surface area contributed by atoms with Gasteiger partial charge in [0.15, 0.2) is 0 Å². The van der Waals surface area contributed by atoms with E-state index in [9.17, 15) is 26.4 Å². The van der Waals surface area contributed by atoms with E-state index in [2.05, 4.69) is 30.8 Å². The zero-order chi connectivity index (χ0) is 33.9. The Bertz CT molecular complexity index is 1710. The fourth-order valence-electron chi connectivity index (χ4n) is 5.51. The van der Waals surface area contributed by atoms with Gasteiger partial charge in [0.05, 0.1) is 24.7 Å². The molecule has 5 rings (SSSR count). The minimum atomic E-state index is -4.76. The van der Waals surface area contributed by atoms with Crippen molar-refractivity contribution >= 4 is 39.1 Å². The summed E-state index contributed by atoms with van der Waals surface area (Å²) in [6.45, 7) is 4.70. The molecule has 254 valence electrons. The summed E-state index contributed by atoms with van der Waals surface area (Å²) < 4.78 is 72.8. The maximum absolute atomic E-state index is 13.9. The number of aryl methyl sites for hydroxylation is 1. The molecule has 0 atom stereocenters. The summed E-state index contributed by atoms with van der Waals surface area (Å²) >= 11 is 0. The van der Waals surface area contributed by atoms with Gasteiger partial charge >= 0.3 is 6.18 Å². The molecule has 1 saturated carbocycles. The Labute approximate surface area is 273 Å². The number of carbonyl (C=O) groups is 1. The van der Waals surface area contributed by atoms with Crippen molar-refractivity contribution in [2.75, 3.05) is 55.0 Å². The SMILES string of the molecule is COc1cc(C(=O)NC2CCN(CC3CC3)CC2)ccc1Nc1ncc(C(F)(F)F)c(NCc2ccc(C)cc2N(C)S(C)(=O)=O)n1. The van der Waals surface area contributed by atoms with Crippen molar-refractivity contribution in [1.29, 1.82) is 0 Å². The van der Waals surface area contributed by atoms with Crippen LogP contribution in [0.2, 0.25) is 0 Å². The van der Waals surface area contributed by atoms with Crippen molar-refractivity contribution in [2.24, 2.45) is 5.92 Å². The number of nitrogens with zero attached hydrogens (tertiary/aromatic N) is 4. The standard InChI is InChI=1S/C32H40F3N7O4S/c1-20-5-8-23(27(15-20)41(2)47(4,44)45)17-36-29-25(32(33,34)35)18-37-31(40-29)39-26-10-9-22(16-28(26)46-3)30(43)38-24-11-13-42(14-12-24)19-21-6-7-21/h5,8-10,15-16,18,21,24H,6-7,11-14,17,19H2,1-4H3,(H,38,43)(H2,36,37,39,40). The van der Waals surface area contributed by atoms with Crippen molar-refractivity contribution in [1.82, 2.24) is 20.2 Å². The smallest absolute Gasteiger partial charge is 0.421 e. The average molecular weight is 676 g/mol. The molecular formula is C32H40F3N7O4S. The van der Waals surface area contributed by atoms with E-state index in [0.717, 1.165) is 54.5 Å². The van der Waals surface area contributed by atoms with Gasteiger partial charge in [0.1, 0.15) is 17.1 Å². The molecule has 2 fully saturated rings. The highest BCUT2D eigenvalue weighted by molar-refractivity contribution is 7.92. The number of methoxy groups -OCH3 is 1. The molecule has 11 nitrogen and oxygen atoms in total. The predicted molar refractivity (Wildman–Crippen MR) is 175 cm³/mol. The molecule has 1 aromatic heterocycles. The summed E-state index contributed by atoms with van der Waals surface area (Å²) in [5, 5.41) is 8.71. The van der Waals surface area contributed by atoms with Gasteiger partial charge in [-0.2, -0.15) is 18.2 Å². The number of likely N-dealkylation sites (tertiary alicyclic amines) is 1. The summed E-state index contributed by atoms with van der Waals surface area (Å²) in [6.07, 6.45) is 1.35. The van der Waals surface area contributed by atoms with Crippen molar-refractivity contribution in [3.05, 3.63) is 64.8 Å². The number of aromatic nitrogens is 2. The summed E-state index contributed by atoms with van der Waals surface area (Å²) in [5.74, 6) is 0.236. The van der Waals surface area contributed by atoms with Gasteiger partial charge in [-0.3, -0.25) is 9.10 Å². The molecule has 3 N–H and O–H groups in total. The van der Waals surface area contributed by atoms with Crippen LogP contribution >= 0.6 is 0 Å². The maximum Gasteiger partial charge on any atom is 0.421 e. The number of alkyl halides is 3. The third-order valence-electron chi connectivity index (χ3n) is 8.46. The molecule has 1 aliphatic heterocycles. The average Bonchev–Trinajstić information content (AvgIpc) is 3.84. The van der Waals surface area contributed by atoms with Crippen LogP contribution in [0, 0.1) is 12.8 Å². The van der Waals surface area contributed by atoms with E-state index in [1.165, 1.54) is 27.0 Å². The number of sulfonamides is 1. The van der Waals surface area contributed by atoms with Crippen LogP contribution in [0.1, 0.15) is 52.7 Å². The maximum atomic E-state index is 13.9. The highest BCUT2D eigenvalue weighted by Crippen LogP contribution is 2.36. The van der Waals surface area contributed by atoms with Crippen LogP contribution in [0.3, 0.4) is 0 Å². The van der Waals surface area contributed by atoms with E-state index < -0.39 is 27.6 Å². The van der Waals surface area contributed by atoms with Crippen molar-refractivity contribution in [2.45, 2.75) is 51.4 Å². The molecular weight excluding hydrogens is 635 g/mol. The van der Waals surface area contributed by atoms with Crippen LogP contribution in [-0.2, 0) is 22.7 Å². The van der Waals surface area contributed by atoms with Crippen LogP contribution < -0.4 is 25.0 Å². The molecule has 2 heterocycles. The zero-order valence-corrected chi connectivity index (χ0v) is 27.6. The Balaban J connectivity index is 1.30. The normalized spacial score (nSPS) is 16.1. The third kappa shape index (κ3) is 8.83. The number of anilines is 4. The summed E-state index contributed by atoms with van der Waals surface area (Å²) in [5.41, 5.74) is 1.20. The topological polar surface area (TPSA) is 129 Å². The number of carbonyl (C=O) groups excluding carboxylic acids is 1. The van der Waals surface area contributed by atoms with Crippen molar-refractivity contribution in [3.8, 4) is 5.75 Å². The van der Waals surface area contributed by atoms with E-state index in [1.54, 1.807) is 43.3 Å². The Hall–Kier alpha value is -4.11. The minimum absolute atomic E-state index is 0.0796. The van der Waals surface area contributed by atoms with E-state index >= 15 is 0 Å². The fourth-order valence-corrected chi connectivity index (χ4v) is 6.04. The quantitative estimate of drug-likeness (QED) is 0.238. The molecule has 2 aromatic carbocycles. The first-order chi connectivity index (χ1) is 22.2. The Morgan fingerprint density at radius 3 is 2.47 bits per heavy atom. The summed E-state index contributed by atoms with van der Waals surface area (Å²) in [6, 6.07) is 9.85. The Morgan fingerprint density at radius 2 is 1.83 bits per heavy atom. The number of amides is 1. The Kier molecular flexibility index (Phi) is 10.2. The first-order valence-electron chi connectivity index (χ1n) is 15.4. The van der Waals surface area contributed by atoms with E-state index in [4.69, 9.17) is 4.74 Å². The number of hydrogen-bond acceptors (Lipinski definition) is 9. The molecule has 15 heteroatoms. The van der Waals surface area contributed by atoms with Crippen LogP contribution in [0.4, 0.5) is 36.3 Å². The molecule has 0 unspecified atom stereocenters. The number of benzene rings is 2. The van der Waals surface area contributed by atoms with Crippen molar-refractivity contribution < 1.29 is 31.1 Å². The molecule has 47 heavy (non-hydrogen) atoms. The van der Waals surface area contributed by atoms with Crippen LogP contribution in [0.5, 0.6) is 5.75 Å². The molecule has 1 amide bonds. The largest absolute Gasteiger partial charge is 0.495 e. The second-order valence-electron chi connectivity index (χ2n) is 12.2. The Morgan fingerprint density at radius 1 is 1.11 bits per heavy atom. The summed E-state index contributed by atoms with van der Waals surface area (Å²) in [4.78, 5) is 23.5. The number of ether oxygens (including phenoxy) is 1. The first kappa shape index (κ1) is 34.2. The number of halogens is 3. The van der Waals surface area contributed by atoms with Crippen LogP contribution in [-0.4, -0.2) is 75.3 Å². The number of nitrogens with one attached hydrogen (secondary N) is 3. The van der Waals surface area contributed by atoms with Gasteiger partial charge in [-0.15, -0.1) is 0 Å². The lowest BCUT2D eigenvalue weighted by atomic mass is 10.0. The highest BCUT2D eigenvalue weighted by atomic mass is 32.2. The lowest BCUT2D eigenvalue weighted by molar-refractivity contribution is -0.137. The fraction of sp³-hybridized carbons (Fsp3) is 0.469. The third-order valence-corrected chi connectivity index (χ3v) is 9.66. The van der Waals surface area contributed by atoms with E-state index in [1.807, 2.05) is 0 Å². The second-order valence-corrected chi connectivity index (χ2v) is 14.2. The monoisotopic (exact) mass is 675 g/mol. The van der Waals surface area contributed by atoms with Gasteiger partial charge in [-0.25, -0.2) is 13.4 Å². The van der Waals surface area contributed by atoms with Gasteiger partial charge in [0, 0.05) is 51.0 Å². The van der Waals surface area contributed by atoms with Gasteiger partial charge in [0.25, 0.3) is 5.91 Å². The van der Waals surface area contributed by atoms with Gasteiger partial charge in [-0.1, -0.05) is 12.1 Å². The van der Waals surface area contributed by atoms with E-state index in [-0.39, 0.29) is 30.2 Å². The van der Waals surface area contributed by atoms with Crippen LogP contribution in [0.25, 0.3) is 0 Å².